The number of carbonyl (C=O) groups is 1. The molecule has 0 saturated carbocycles. The van der Waals surface area contributed by atoms with Gasteiger partial charge in [0.05, 0.1) is 22.8 Å². The first kappa shape index (κ1) is 27.5. The van der Waals surface area contributed by atoms with E-state index in [4.69, 9.17) is 9.47 Å². The molecule has 1 fully saturated rings. The van der Waals surface area contributed by atoms with Gasteiger partial charge in [-0.15, -0.1) is 0 Å². The van der Waals surface area contributed by atoms with E-state index in [-0.39, 0.29) is 36.5 Å². The van der Waals surface area contributed by atoms with Crippen molar-refractivity contribution in [3.8, 4) is 22.8 Å². The summed E-state index contributed by atoms with van der Waals surface area (Å²) < 4.78 is 65.2. The molecular formula is C29H25F2N5O5S. The molecule has 2 aliphatic heterocycles. The summed E-state index contributed by atoms with van der Waals surface area (Å²) in [7, 11) is -4.00. The Labute approximate surface area is 240 Å². The Hall–Kier alpha value is -4.62. The van der Waals surface area contributed by atoms with E-state index in [2.05, 4.69) is 20.6 Å². The van der Waals surface area contributed by atoms with E-state index >= 15 is 0 Å². The maximum absolute atomic E-state index is 13.4. The average Bonchev–Trinajstić information content (AvgIpc) is 3.67. The lowest BCUT2D eigenvalue weighted by Gasteiger charge is -2.23. The van der Waals surface area contributed by atoms with Crippen molar-refractivity contribution in [1.82, 2.24) is 19.6 Å². The van der Waals surface area contributed by atoms with Gasteiger partial charge in [-0.3, -0.25) is 4.79 Å². The van der Waals surface area contributed by atoms with Crippen molar-refractivity contribution < 1.29 is 31.5 Å². The van der Waals surface area contributed by atoms with E-state index in [0.717, 1.165) is 16.4 Å². The van der Waals surface area contributed by atoms with Gasteiger partial charge in [-0.2, -0.15) is 4.31 Å². The Morgan fingerprint density at radius 2 is 1.64 bits per heavy atom. The van der Waals surface area contributed by atoms with Gasteiger partial charge in [-0.1, -0.05) is 0 Å². The second kappa shape index (κ2) is 11.3. The molecule has 2 N–H and O–H groups in total. The van der Waals surface area contributed by atoms with Gasteiger partial charge in [-0.25, -0.2) is 27.2 Å². The number of carbonyl (C=O) groups excluding carboxylic acids is 1. The lowest BCUT2D eigenvalue weighted by Crippen LogP contribution is -2.45. The number of hydrogen-bond donors (Lipinski definition) is 2. The number of nitrogens with zero attached hydrogens (tertiary/aromatic N) is 3. The average molecular weight is 594 g/mol. The zero-order chi connectivity index (χ0) is 29.3. The van der Waals surface area contributed by atoms with Crippen LogP contribution in [0.25, 0.3) is 11.3 Å². The Kier molecular flexibility index (Phi) is 7.43. The number of halogens is 2. The molecule has 3 aromatic carbocycles. The topological polar surface area (TPSA) is 123 Å². The van der Waals surface area contributed by atoms with Crippen molar-refractivity contribution in [2.24, 2.45) is 0 Å². The molecule has 1 unspecified atom stereocenters. The summed E-state index contributed by atoms with van der Waals surface area (Å²) in [5.74, 6) is -0.0273. The van der Waals surface area contributed by atoms with Gasteiger partial charge in [0.2, 0.25) is 28.7 Å². The molecule has 1 amide bonds. The molecule has 216 valence electrons. The van der Waals surface area contributed by atoms with Gasteiger partial charge in [-0.05, 0) is 85.6 Å². The second-order valence-corrected chi connectivity index (χ2v) is 11.6. The monoisotopic (exact) mass is 593 g/mol. The fourth-order valence-corrected chi connectivity index (χ4v) is 6.49. The highest BCUT2D eigenvalue weighted by atomic mass is 32.2. The van der Waals surface area contributed by atoms with Crippen LogP contribution >= 0.6 is 0 Å². The zero-order valence-corrected chi connectivity index (χ0v) is 22.9. The van der Waals surface area contributed by atoms with E-state index in [0.29, 0.717) is 47.0 Å². The largest absolute Gasteiger partial charge is 0.454 e. The van der Waals surface area contributed by atoms with Crippen LogP contribution < -0.4 is 20.1 Å². The summed E-state index contributed by atoms with van der Waals surface area (Å²) in [6, 6.07) is 16.4. The number of aromatic nitrogens is 2. The molecule has 0 spiro atoms. The first-order chi connectivity index (χ1) is 20.3. The van der Waals surface area contributed by atoms with Gasteiger partial charge in [0.1, 0.15) is 17.7 Å². The maximum Gasteiger partial charge on any atom is 0.243 e. The molecule has 4 aromatic rings. The van der Waals surface area contributed by atoms with Crippen LogP contribution in [0.1, 0.15) is 18.5 Å². The van der Waals surface area contributed by atoms with Crippen LogP contribution in [0.15, 0.2) is 77.7 Å². The highest BCUT2D eigenvalue weighted by molar-refractivity contribution is 7.89. The van der Waals surface area contributed by atoms with Crippen molar-refractivity contribution in [3.05, 3.63) is 90.1 Å². The van der Waals surface area contributed by atoms with Gasteiger partial charge >= 0.3 is 0 Å². The van der Waals surface area contributed by atoms with Crippen LogP contribution in [0, 0.1) is 11.6 Å². The first-order valence-corrected chi connectivity index (χ1v) is 14.6. The number of benzene rings is 3. The van der Waals surface area contributed by atoms with Gasteiger partial charge in [0, 0.05) is 17.8 Å². The van der Waals surface area contributed by atoms with Crippen molar-refractivity contribution in [2.45, 2.75) is 30.3 Å². The maximum atomic E-state index is 13.4. The molecule has 6 rings (SSSR count). The predicted octanol–water partition coefficient (Wildman–Crippen LogP) is 4.36. The fourth-order valence-electron chi connectivity index (χ4n) is 4.84. The van der Waals surface area contributed by atoms with Crippen molar-refractivity contribution in [1.29, 1.82) is 0 Å². The standard InChI is InChI=1S/C29H25F2N5O5S/c30-19-4-8-21(9-5-19)33-29-34-22(15-24(35-29)18-3-12-26-27(14-18)41-17-40-26)16-32-28(37)25-2-1-13-36(25)42(38,39)23-10-6-20(31)7-11-23/h3-12,14-15,25H,1-2,13,16-17H2,(H,32,37)(H,33,34,35). The van der Waals surface area contributed by atoms with Crippen LogP contribution in [0.4, 0.5) is 20.4 Å². The number of sulfonamides is 1. The molecule has 3 heterocycles. The molecule has 1 aromatic heterocycles. The number of rotatable bonds is 8. The summed E-state index contributed by atoms with van der Waals surface area (Å²) in [5, 5.41) is 5.86. The minimum absolute atomic E-state index is 0.0159. The zero-order valence-electron chi connectivity index (χ0n) is 22.1. The third-order valence-corrected chi connectivity index (χ3v) is 8.84. The number of fused-ring (bicyclic) bond motifs is 1. The molecule has 42 heavy (non-hydrogen) atoms. The highest BCUT2D eigenvalue weighted by Gasteiger charge is 2.39. The number of nitrogens with one attached hydrogen (secondary N) is 2. The van der Waals surface area contributed by atoms with Gasteiger partial charge in [0.15, 0.2) is 11.5 Å². The molecule has 0 radical (unpaired) electrons. The minimum atomic E-state index is -4.00. The van der Waals surface area contributed by atoms with E-state index < -0.39 is 27.8 Å². The van der Waals surface area contributed by atoms with Crippen LogP contribution in [-0.2, 0) is 21.4 Å². The van der Waals surface area contributed by atoms with Gasteiger partial charge in [0.25, 0.3) is 0 Å². The lowest BCUT2D eigenvalue weighted by atomic mass is 10.1. The number of hydrogen-bond acceptors (Lipinski definition) is 8. The quantitative estimate of drug-likeness (QED) is 0.309. The molecule has 1 saturated heterocycles. The summed E-state index contributed by atoms with van der Waals surface area (Å²) in [4.78, 5) is 22.3. The SMILES string of the molecule is O=C(NCc1cc(-c2ccc3c(c2)OCO3)nc(Nc2ccc(F)cc2)n1)C1CCCN1S(=O)(=O)c1ccc(F)cc1. The fraction of sp³-hybridized carbons (Fsp3) is 0.207. The van der Waals surface area contributed by atoms with Gasteiger partial charge < -0.3 is 20.1 Å². The molecule has 13 heteroatoms. The van der Waals surface area contributed by atoms with Crippen LogP contribution in [-0.4, -0.2) is 48.0 Å². The molecule has 1 atom stereocenters. The van der Waals surface area contributed by atoms with Crippen molar-refractivity contribution in [2.75, 3.05) is 18.7 Å². The lowest BCUT2D eigenvalue weighted by molar-refractivity contribution is -0.124. The molecule has 0 bridgehead atoms. The molecule has 2 aliphatic rings. The van der Waals surface area contributed by atoms with Crippen LogP contribution in [0.5, 0.6) is 11.5 Å². The van der Waals surface area contributed by atoms with E-state index in [1.807, 2.05) is 6.07 Å². The Morgan fingerprint density at radius 1 is 0.929 bits per heavy atom. The predicted molar refractivity (Wildman–Crippen MR) is 148 cm³/mol. The van der Waals surface area contributed by atoms with Crippen LogP contribution in [0.2, 0.25) is 0 Å². The normalized spacial score (nSPS) is 16.4. The molecule has 10 nitrogen and oxygen atoms in total. The smallest absolute Gasteiger partial charge is 0.243 e. The van der Waals surface area contributed by atoms with E-state index in [9.17, 15) is 22.0 Å². The summed E-state index contributed by atoms with van der Waals surface area (Å²) in [6.07, 6.45) is 0.849. The second-order valence-electron chi connectivity index (χ2n) is 9.71. The number of anilines is 2. The van der Waals surface area contributed by atoms with Crippen LogP contribution in [0.3, 0.4) is 0 Å². The molecular weight excluding hydrogens is 568 g/mol. The first-order valence-electron chi connectivity index (χ1n) is 13.1. The van der Waals surface area contributed by atoms with E-state index in [1.165, 1.54) is 24.3 Å². The summed E-state index contributed by atoms with van der Waals surface area (Å²) in [6.45, 7) is 0.273. The minimum Gasteiger partial charge on any atom is -0.454 e. The van der Waals surface area contributed by atoms with Crippen molar-refractivity contribution >= 4 is 27.6 Å². The Bertz CT molecular complexity index is 1740. The third kappa shape index (κ3) is 5.74. The Balaban J connectivity index is 1.24. The summed E-state index contributed by atoms with van der Waals surface area (Å²) >= 11 is 0. The third-order valence-electron chi connectivity index (χ3n) is 6.92. The number of amides is 1. The molecule has 0 aliphatic carbocycles. The highest BCUT2D eigenvalue weighted by Crippen LogP contribution is 2.36. The van der Waals surface area contributed by atoms with E-state index in [1.54, 1.807) is 30.3 Å². The summed E-state index contributed by atoms with van der Waals surface area (Å²) in [5.41, 5.74) is 2.24. The number of ether oxygens (including phenoxy) is 2. The van der Waals surface area contributed by atoms with Crippen molar-refractivity contribution in [3.63, 3.8) is 0 Å². The Morgan fingerprint density at radius 3 is 2.40 bits per heavy atom.